The zero-order valence-electron chi connectivity index (χ0n) is 15.6. The van der Waals surface area contributed by atoms with Crippen molar-refractivity contribution in [1.29, 1.82) is 0 Å². The summed E-state index contributed by atoms with van der Waals surface area (Å²) >= 11 is 0. The highest BCUT2D eigenvalue weighted by Crippen LogP contribution is 2.45. The maximum Gasteiger partial charge on any atom is 0.320 e. The summed E-state index contributed by atoms with van der Waals surface area (Å²) in [5, 5.41) is 10.3. The molecule has 0 aliphatic carbocycles. The minimum absolute atomic E-state index is 0.230. The Bertz CT molecular complexity index is 944. The lowest BCUT2D eigenvalue weighted by Crippen LogP contribution is -2.38. The number of aromatic nitrogens is 1. The number of rotatable bonds is 7. The number of hydrogen-bond donors (Lipinski definition) is 1. The van der Waals surface area contributed by atoms with Crippen LogP contribution in [-0.4, -0.2) is 30.3 Å². The molecule has 7 heteroatoms. The Labute approximate surface area is 156 Å². The zero-order chi connectivity index (χ0) is 19.6. The minimum Gasteiger partial charge on any atom is -0.493 e. The first kappa shape index (κ1) is 18.6. The van der Waals surface area contributed by atoms with E-state index in [-0.39, 0.29) is 12.3 Å². The summed E-state index contributed by atoms with van der Waals surface area (Å²) < 4.78 is 21.9. The van der Waals surface area contributed by atoms with Crippen LogP contribution < -0.4 is 9.47 Å². The lowest BCUT2D eigenvalue weighted by molar-refractivity contribution is -0.142. The van der Waals surface area contributed by atoms with Crippen LogP contribution in [-0.2, 0) is 10.2 Å². The Balaban J connectivity index is 2.29. The highest BCUT2D eigenvalue weighted by Gasteiger charge is 2.47. The van der Waals surface area contributed by atoms with E-state index in [2.05, 4.69) is 4.98 Å². The van der Waals surface area contributed by atoms with Gasteiger partial charge in [-0.05, 0) is 31.5 Å². The molecule has 1 N–H and O–H groups in total. The lowest BCUT2D eigenvalue weighted by Gasteiger charge is -2.29. The van der Waals surface area contributed by atoms with E-state index in [9.17, 15) is 9.90 Å². The topological polar surface area (TPSA) is 94.9 Å². The van der Waals surface area contributed by atoms with Crippen LogP contribution in [0.5, 0.6) is 11.5 Å². The van der Waals surface area contributed by atoms with Crippen molar-refractivity contribution in [2.75, 3.05) is 14.2 Å². The molecule has 2 heterocycles. The number of carboxylic acid groups (broad SMARTS) is 1. The van der Waals surface area contributed by atoms with Crippen molar-refractivity contribution < 1.29 is 28.2 Å². The molecule has 0 fully saturated rings. The predicted molar refractivity (Wildman–Crippen MR) is 97.2 cm³/mol. The number of carbonyl (C=O) groups is 1. The molecule has 0 saturated carbocycles. The molecule has 142 valence electrons. The highest BCUT2D eigenvalue weighted by molar-refractivity contribution is 5.87. The van der Waals surface area contributed by atoms with Gasteiger partial charge in [0.25, 0.3) is 5.89 Å². The minimum atomic E-state index is -1.47. The average Bonchev–Trinajstić information content (AvgIpc) is 3.32. The Morgan fingerprint density at radius 2 is 2.00 bits per heavy atom. The standard InChI is InChI=1S/C20H21NO6/c1-5-20(19(22)23,13-8-6-9-14(24-3)16(13)25-4)17-12(2)27-18(21-17)15-10-7-11-26-15/h6-11H,5H2,1-4H3,(H,22,23). The van der Waals surface area contributed by atoms with Crippen molar-refractivity contribution in [3.05, 3.63) is 53.6 Å². The summed E-state index contributed by atoms with van der Waals surface area (Å²) in [5.74, 6) is 0.799. The summed E-state index contributed by atoms with van der Waals surface area (Å²) in [4.78, 5) is 17.1. The number of carboxylic acids is 1. The van der Waals surface area contributed by atoms with Gasteiger partial charge in [-0.25, -0.2) is 4.98 Å². The molecule has 0 radical (unpaired) electrons. The van der Waals surface area contributed by atoms with E-state index in [0.29, 0.717) is 34.3 Å². The van der Waals surface area contributed by atoms with Crippen LogP contribution in [0.3, 0.4) is 0 Å². The van der Waals surface area contributed by atoms with Crippen LogP contribution >= 0.6 is 0 Å². The number of ether oxygens (including phenoxy) is 2. The van der Waals surface area contributed by atoms with Crippen molar-refractivity contribution in [3.63, 3.8) is 0 Å². The van der Waals surface area contributed by atoms with Crippen molar-refractivity contribution >= 4 is 5.97 Å². The van der Waals surface area contributed by atoms with Crippen LogP contribution in [0.2, 0.25) is 0 Å². The first-order valence-corrected chi connectivity index (χ1v) is 8.46. The third-order valence-electron chi connectivity index (χ3n) is 4.69. The number of nitrogens with zero attached hydrogens (tertiary/aromatic N) is 1. The third kappa shape index (κ3) is 2.85. The number of oxazole rings is 1. The molecule has 2 aromatic heterocycles. The van der Waals surface area contributed by atoms with E-state index < -0.39 is 11.4 Å². The SMILES string of the molecule is CCC(C(=O)O)(c1cccc(OC)c1OC)c1nc(-c2ccco2)oc1C. The van der Waals surface area contributed by atoms with Gasteiger partial charge in [0.1, 0.15) is 16.9 Å². The molecule has 0 aliphatic rings. The van der Waals surface area contributed by atoms with Gasteiger partial charge in [0, 0.05) is 5.56 Å². The first-order valence-electron chi connectivity index (χ1n) is 8.46. The monoisotopic (exact) mass is 371 g/mol. The van der Waals surface area contributed by atoms with Crippen molar-refractivity contribution in [2.45, 2.75) is 25.7 Å². The third-order valence-corrected chi connectivity index (χ3v) is 4.69. The fourth-order valence-corrected chi connectivity index (χ4v) is 3.37. The van der Waals surface area contributed by atoms with Gasteiger partial charge >= 0.3 is 5.97 Å². The van der Waals surface area contributed by atoms with Gasteiger partial charge in [0.15, 0.2) is 17.3 Å². The molecule has 0 spiro atoms. The van der Waals surface area contributed by atoms with E-state index in [1.165, 1.54) is 20.5 Å². The quantitative estimate of drug-likeness (QED) is 0.669. The van der Waals surface area contributed by atoms with Gasteiger partial charge in [-0.15, -0.1) is 0 Å². The van der Waals surface area contributed by atoms with E-state index in [1.807, 2.05) is 0 Å². The van der Waals surface area contributed by atoms with Crippen molar-refractivity contribution in [2.24, 2.45) is 0 Å². The number of aryl methyl sites for hydroxylation is 1. The lowest BCUT2D eigenvalue weighted by atomic mass is 9.74. The number of aliphatic carboxylic acids is 1. The number of para-hydroxylation sites is 1. The fraction of sp³-hybridized carbons (Fsp3) is 0.300. The molecule has 0 bridgehead atoms. The fourth-order valence-electron chi connectivity index (χ4n) is 3.37. The van der Waals surface area contributed by atoms with Crippen LogP contribution in [0.1, 0.15) is 30.4 Å². The molecule has 3 aromatic rings. The molecule has 1 atom stereocenters. The molecular weight excluding hydrogens is 350 g/mol. The molecular formula is C20H21NO6. The Morgan fingerprint density at radius 3 is 2.56 bits per heavy atom. The van der Waals surface area contributed by atoms with Crippen LogP contribution in [0.4, 0.5) is 0 Å². The number of hydrogen-bond acceptors (Lipinski definition) is 6. The molecule has 1 unspecified atom stereocenters. The van der Waals surface area contributed by atoms with Gasteiger partial charge in [-0.2, -0.15) is 0 Å². The van der Waals surface area contributed by atoms with Crippen LogP contribution in [0.25, 0.3) is 11.7 Å². The van der Waals surface area contributed by atoms with E-state index in [4.69, 9.17) is 18.3 Å². The first-order chi connectivity index (χ1) is 13.0. The maximum atomic E-state index is 12.6. The van der Waals surface area contributed by atoms with Gasteiger partial charge < -0.3 is 23.4 Å². The van der Waals surface area contributed by atoms with Crippen molar-refractivity contribution in [1.82, 2.24) is 4.98 Å². The average molecular weight is 371 g/mol. The zero-order valence-corrected chi connectivity index (χ0v) is 15.6. The van der Waals surface area contributed by atoms with E-state index in [0.717, 1.165) is 0 Å². The van der Waals surface area contributed by atoms with Gasteiger partial charge in [-0.1, -0.05) is 19.1 Å². The van der Waals surface area contributed by atoms with E-state index in [1.54, 1.807) is 44.2 Å². The molecule has 3 rings (SSSR count). The van der Waals surface area contributed by atoms with Gasteiger partial charge in [0.05, 0.1) is 20.5 Å². The summed E-state index contributed by atoms with van der Waals surface area (Å²) in [7, 11) is 2.99. The molecule has 7 nitrogen and oxygen atoms in total. The number of benzene rings is 1. The maximum absolute atomic E-state index is 12.6. The molecule has 0 aliphatic heterocycles. The molecule has 0 amide bonds. The second-order valence-corrected chi connectivity index (χ2v) is 6.01. The van der Waals surface area contributed by atoms with Gasteiger partial charge in [-0.3, -0.25) is 4.79 Å². The highest BCUT2D eigenvalue weighted by atomic mass is 16.5. The molecule has 0 saturated heterocycles. The summed E-state index contributed by atoms with van der Waals surface area (Å²) in [6.45, 7) is 3.47. The number of furan rings is 1. The summed E-state index contributed by atoms with van der Waals surface area (Å²) in [5.41, 5.74) is -0.726. The Hall–Kier alpha value is -3.22. The number of methoxy groups -OCH3 is 2. The van der Waals surface area contributed by atoms with Gasteiger partial charge in [0.2, 0.25) is 0 Å². The van der Waals surface area contributed by atoms with E-state index >= 15 is 0 Å². The summed E-state index contributed by atoms with van der Waals surface area (Å²) in [6, 6.07) is 8.57. The molecule has 27 heavy (non-hydrogen) atoms. The normalized spacial score (nSPS) is 13.2. The predicted octanol–water partition coefficient (Wildman–Crippen LogP) is 4.04. The van der Waals surface area contributed by atoms with Crippen molar-refractivity contribution in [3.8, 4) is 23.1 Å². The summed E-state index contributed by atoms with van der Waals surface area (Å²) in [6.07, 6.45) is 1.74. The smallest absolute Gasteiger partial charge is 0.320 e. The second kappa shape index (κ2) is 7.19. The second-order valence-electron chi connectivity index (χ2n) is 6.01. The Morgan fingerprint density at radius 1 is 1.22 bits per heavy atom. The van der Waals surface area contributed by atoms with Crippen LogP contribution in [0, 0.1) is 6.92 Å². The Kier molecular flexibility index (Phi) is 4.94. The van der Waals surface area contributed by atoms with Crippen LogP contribution in [0.15, 0.2) is 45.4 Å². The molecule has 1 aromatic carbocycles. The largest absolute Gasteiger partial charge is 0.493 e.